The molecule has 1 rings (SSSR count). The zero-order valence-electron chi connectivity index (χ0n) is 10.5. The normalized spacial score (nSPS) is 23.3. The first-order chi connectivity index (χ1) is 7.54. The van der Waals surface area contributed by atoms with Crippen molar-refractivity contribution in [3.05, 3.63) is 0 Å². The lowest BCUT2D eigenvalue weighted by atomic mass is 9.81. The van der Waals surface area contributed by atoms with Crippen molar-refractivity contribution in [3.8, 4) is 0 Å². The van der Waals surface area contributed by atoms with Gasteiger partial charge in [-0.2, -0.15) is 0 Å². The van der Waals surface area contributed by atoms with Crippen LogP contribution in [0.4, 0.5) is 0 Å². The van der Waals surface area contributed by atoms with E-state index in [2.05, 4.69) is 4.90 Å². The molecule has 0 aliphatic carbocycles. The van der Waals surface area contributed by atoms with E-state index in [9.17, 15) is 9.90 Å². The molecular formula is C12H23NO3. The van der Waals surface area contributed by atoms with Gasteiger partial charge in [-0.25, -0.2) is 0 Å². The molecule has 1 heterocycles. The van der Waals surface area contributed by atoms with E-state index in [1.54, 1.807) is 0 Å². The summed E-state index contributed by atoms with van der Waals surface area (Å²) in [6, 6.07) is 0. The first-order valence-electron chi connectivity index (χ1n) is 6.11. The minimum atomic E-state index is -0.670. The molecule has 1 aliphatic rings. The molecule has 4 nitrogen and oxygen atoms in total. The monoisotopic (exact) mass is 229 g/mol. The molecule has 0 bridgehead atoms. The lowest BCUT2D eigenvalue weighted by molar-refractivity contribution is -0.152. The minimum Gasteiger partial charge on any atom is -0.481 e. The smallest absolute Gasteiger partial charge is 0.310 e. The molecule has 0 radical (unpaired) electrons. The summed E-state index contributed by atoms with van der Waals surface area (Å²) in [5.74, 6) is -0.670. The van der Waals surface area contributed by atoms with Crippen molar-refractivity contribution >= 4 is 5.97 Å². The largest absolute Gasteiger partial charge is 0.481 e. The predicted molar refractivity (Wildman–Crippen MR) is 62.5 cm³/mol. The molecule has 1 aliphatic heterocycles. The first kappa shape index (κ1) is 13.5. The molecule has 0 amide bonds. The fourth-order valence-corrected chi connectivity index (χ4v) is 2.31. The summed E-state index contributed by atoms with van der Waals surface area (Å²) in [7, 11) is 0. The van der Waals surface area contributed by atoms with E-state index in [1.165, 1.54) is 0 Å². The average molecular weight is 229 g/mol. The van der Waals surface area contributed by atoms with Gasteiger partial charge in [-0.15, -0.1) is 0 Å². The first-order valence-corrected chi connectivity index (χ1v) is 6.11. The number of hydrogen-bond acceptors (Lipinski definition) is 3. The molecule has 1 unspecified atom stereocenters. The van der Waals surface area contributed by atoms with Gasteiger partial charge in [0.1, 0.15) is 0 Å². The number of rotatable bonds is 5. The summed E-state index contributed by atoms with van der Waals surface area (Å²) in [5, 5.41) is 9.36. The van der Waals surface area contributed by atoms with E-state index in [4.69, 9.17) is 4.74 Å². The molecule has 4 heteroatoms. The number of aliphatic carboxylic acids is 1. The molecular weight excluding hydrogens is 206 g/mol. The Hall–Kier alpha value is -0.610. The fraction of sp³-hybridized carbons (Fsp3) is 0.917. The second-order valence-electron chi connectivity index (χ2n) is 4.71. The summed E-state index contributed by atoms with van der Waals surface area (Å²) in [6.45, 7) is 9.00. The molecule has 0 spiro atoms. The molecule has 0 saturated carbocycles. The van der Waals surface area contributed by atoms with Crippen LogP contribution >= 0.6 is 0 Å². The highest BCUT2D eigenvalue weighted by Crippen LogP contribution is 2.28. The van der Waals surface area contributed by atoms with Gasteiger partial charge in [-0.1, -0.05) is 13.8 Å². The Bertz CT molecular complexity index is 238. The maximum atomic E-state index is 11.4. The Balaban J connectivity index is 2.64. The van der Waals surface area contributed by atoms with Crippen LogP contribution in [-0.2, 0) is 9.53 Å². The second kappa shape index (κ2) is 5.64. The Morgan fingerprint density at radius 1 is 1.50 bits per heavy atom. The third kappa shape index (κ3) is 2.95. The van der Waals surface area contributed by atoms with Crippen LogP contribution in [-0.4, -0.2) is 48.3 Å². The predicted octanol–water partition coefficient (Wildman–Crippen LogP) is 1.60. The molecule has 94 valence electrons. The Morgan fingerprint density at radius 2 is 2.12 bits per heavy atom. The highest BCUT2D eigenvalue weighted by molar-refractivity contribution is 5.74. The number of carboxylic acids is 1. The molecule has 0 aromatic rings. The van der Waals surface area contributed by atoms with Gasteiger partial charge in [0.2, 0.25) is 0 Å². The van der Waals surface area contributed by atoms with Crippen molar-refractivity contribution in [3.63, 3.8) is 0 Å². The molecule has 16 heavy (non-hydrogen) atoms. The Morgan fingerprint density at radius 3 is 2.56 bits per heavy atom. The number of nitrogens with zero attached hydrogens (tertiary/aromatic N) is 1. The van der Waals surface area contributed by atoms with Crippen LogP contribution in [0.1, 0.15) is 33.6 Å². The van der Waals surface area contributed by atoms with Crippen LogP contribution in [0.25, 0.3) is 0 Å². The van der Waals surface area contributed by atoms with Gasteiger partial charge in [0.25, 0.3) is 0 Å². The van der Waals surface area contributed by atoms with Crippen molar-refractivity contribution < 1.29 is 14.6 Å². The SMILES string of the molecule is CCC(CC)(CN1CCOC(C)C1)C(=O)O. The number of hydrogen-bond donors (Lipinski definition) is 1. The molecule has 1 atom stereocenters. The summed E-state index contributed by atoms with van der Waals surface area (Å²) in [4.78, 5) is 13.6. The van der Waals surface area contributed by atoms with Gasteiger partial charge in [0, 0.05) is 19.6 Å². The van der Waals surface area contributed by atoms with Gasteiger partial charge >= 0.3 is 5.97 Å². The molecule has 0 aromatic carbocycles. The third-order valence-electron chi connectivity index (χ3n) is 3.66. The summed E-state index contributed by atoms with van der Waals surface area (Å²) in [5.41, 5.74) is -0.586. The van der Waals surface area contributed by atoms with Crippen molar-refractivity contribution in [2.45, 2.75) is 39.7 Å². The van der Waals surface area contributed by atoms with Gasteiger partial charge < -0.3 is 9.84 Å². The van der Waals surface area contributed by atoms with Crippen LogP contribution in [0.5, 0.6) is 0 Å². The van der Waals surface area contributed by atoms with Crippen LogP contribution < -0.4 is 0 Å². The topological polar surface area (TPSA) is 49.8 Å². The third-order valence-corrected chi connectivity index (χ3v) is 3.66. The Labute approximate surface area is 97.6 Å². The zero-order valence-corrected chi connectivity index (χ0v) is 10.5. The Kier molecular flexibility index (Phi) is 4.74. The van der Waals surface area contributed by atoms with Crippen molar-refractivity contribution in [2.75, 3.05) is 26.2 Å². The molecule has 1 fully saturated rings. The van der Waals surface area contributed by atoms with Crippen LogP contribution in [0, 0.1) is 5.41 Å². The number of carbonyl (C=O) groups is 1. The standard InChI is InChI=1S/C12H23NO3/c1-4-12(5-2,11(14)15)9-13-6-7-16-10(3)8-13/h10H,4-9H2,1-3H3,(H,14,15). The van der Waals surface area contributed by atoms with E-state index in [-0.39, 0.29) is 6.10 Å². The van der Waals surface area contributed by atoms with E-state index >= 15 is 0 Å². The summed E-state index contributed by atoms with van der Waals surface area (Å²) >= 11 is 0. The second-order valence-corrected chi connectivity index (χ2v) is 4.71. The number of morpholine rings is 1. The van der Waals surface area contributed by atoms with Crippen LogP contribution in [0.2, 0.25) is 0 Å². The van der Waals surface area contributed by atoms with Crippen molar-refractivity contribution in [1.29, 1.82) is 0 Å². The van der Waals surface area contributed by atoms with E-state index in [0.717, 1.165) is 13.1 Å². The van der Waals surface area contributed by atoms with Crippen LogP contribution in [0.15, 0.2) is 0 Å². The summed E-state index contributed by atoms with van der Waals surface area (Å²) < 4.78 is 5.46. The van der Waals surface area contributed by atoms with E-state index in [0.29, 0.717) is 26.0 Å². The molecule has 0 aromatic heterocycles. The average Bonchev–Trinajstić information content (AvgIpc) is 2.25. The van der Waals surface area contributed by atoms with Crippen LogP contribution in [0.3, 0.4) is 0 Å². The van der Waals surface area contributed by atoms with E-state index < -0.39 is 11.4 Å². The van der Waals surface area contributed by atoms with Gasteiger partial charge in [-0.05, 0) is 19.8 Å². The fourth-order valence-electron chi connectivity index (χ4n) is 2.31. The number of carboxylic acid groups (broad SMARTS) is 1. The van der Waals surface area contributed by atoms with Gasteiger partial charge in [0.05, 0.1) is 18.1 Å². The highest BCUT2D eigenvalue weighted by atomic mass is 16.5. The lowest BCUT2D eigenvalue weighted by Gasteiger charge is -2.37. The maximum absolute atomic E-state index is 11.4. The quantitative estimate of drug-likeness (QED) is 0.778. The van der Waals surface area contributed by atoms with Gasteiger partial charge in [-0.3, -0.25) is 9.69 Å². The van der Waals surface area contributed by atoms with Crippen molar-refractivity contribution in [2.24, 2.45) is 5.41 Å². The lowest BCUT2D eigenvalue weighted by Crippen LogP contribution is -2.48. The number of ether oxygens (including phenoxy) is 1. The van der Waals surface area contributed by atoms with Gasteiger partial charge in [0.15, 0.2) is 0 Å². The van der Waals surface area contributed by atoms with E-state index in [1.807, 2.05) is 20.8 Å². The summed E-state index contributed by atoms with van der Waals surface area (Å²) in [6.07, 6.45) is 1.59. The van der Waals surface area contributed by atoms with Crippen molar-refractivity contribution in [1.82, 2.24) is 4.90 Å². The minimum absolute atomic E-state index is 0.217. The molecule has 1 N–H and O–H groups in total. The highest BCUT2D eigenvalue weighted by Gasteiger charge is 2.37. The zero-order chi connectivity index (χ0) is 12.2. The maximum Gasteiger partial charge on any atom is 0.310 e. The molecule has 1 saturated heterocycles.